The molecule has 20 heavy (non-hydrogen) atoms. The maximum absolute atomic E-state index is 12.8. The van der Waals surface area contributed by atoms with Crippen LogP contribution in [0.25, 0.3) is 0 Å². The maximum atomic E-state index is 12.8. The summed E-state index contributed by atoms with van der Waals surface area (Å²) in [6, 6.07) is -0.345. The van der Waals surface area contributed by atoms with Gasteiger partial charge in [-0.15, -0.1) is 0 Å². The minimum Gasteiger partial charge on any atom is -0.342 e. The number of hydrogen-bond donors (Lipinski definition) is 1. The highest BCUT2D eigenvalue weighted by atomic mass is 16.2. The molecule has 0 spiro atoms. The normalized spacial score (nSPS) is 29.9. The molecule has 114 valence electrons. The summed E-state index contributed by atoms with van der Waals surface area (Å²) in [5, 5.41) is 2.95. The molecule has 1 aliphatic heterocycles. The van der Waals surface area contributed by atoms with Crippen molar-refractivity contribution in [1.29, 1.82) is 0 Å². The monoisotopic (exact) mass is 280 g/mol. The maximum Gasteiger partial charge on any atom is 0.246 e. The van der Waals surface area contributed by atoms with E-state index in [0.717, 1.165) is 19.3 Å². The van der Waals surface area contributed by atoms with Gasteiger partial charge in [0.1, 0.15) is 12.1 Å². The van der Waals surface area contributed by atoms with Gasteiger partial charge in [0, 0.05) is 6.04 Å². The van der Waals surface area contributed by atoms with Crippen LogP contribution in [0.5, 0.6) is 0 Å². The van der Waals surface area contributed by atoms with Gasteiger partial charge in [0.2, 0.25) is 11.8 Å². The average molecular weight is 280 g/mol. The average Bonchev–Trinajstić information content (AvgIpc) is 2.92. The number of nitrogens with zero attached hydrogens (tertiary/aromatic N) is 1. The molecule has 2 fully saturated rings. The Morgan fingerprint density at radius 3 is 2.30 bits per heavy atom. The summed E-state index contributed by atoms with van der Waals surface area (Å²) < 4.78 is 0. The molecule has 2 rings (SSSR count). The first-order chi connectivity index (χ1) is 9.47. The molecule has 0 radical (unpaired) electrons. The van der Waals surface area contributed by atoms with Crippen LogP contribution in [0.2, 0.25) is 0 Å². The van der Waals surface area contributed by atoms with Crippen LogP contribution in [0.15, 0.2) is 0 Å². The second-order valence-corrected chi connectivity index (χ2v) is 6.74. The Balaban J connectivity index is 2.30. The van der Waals surface area contributed by atoms with Crippen molar-refractivity contribution in [3.63, 3.8) is 0 Å². The van der Waals surface area contributed by atoms with E-state index in [9.17, 15) is 9.59 Å². The first-order valence-electron chi connectivity index (χ1n) is 8.09. The SMILES string of the molecule is CCC(C)C1C(=O)NC(C(C)C)C(=O)N1C1CCCC1. The van der Waals surface area contributed by atoms with Crippen LogP contribution >= 0.6 is 0 Å². The molecule has 0 aromatic rings. The van der Waals surface area contributed by atoms with E-state index in [2.05, 4.69) is 19.2 Å². The van der Waals surface area contributed by atoms with E-state index in [4.69, 9.17) is 0 Å². The summed E-state index contributed by atoms with van der Waals surface area (Å²) >= 11 is 0. The summed E-state index contributed by atoms with van der Waals surface area (Å²) in [7, 11) is 0. The molecule has 0 aromatic carbocycles. The number of piperazine rings is 1. The molecule has 0 bridgehead atoms. The number of hydrogen-bond acceptors (Lipinski definition) is 2. The molecule has 3 unspecified atom stereocenters. The van der Waals surface area contributed by atoms with E-state index in [1.165, 1.54) is 12.8 Å². The topological polar surface area (TPSA) is 49.4 Å². The van der Waals surface area contributed by atoms with Crippen LogP contribution in [0, 0.1) is 11.8 Å². The molecule has 1 aliphatic carbocycles. The van der Waals surface area contributed by atoms with Crippen molar-refractivity contribution in [3.05, 3.63) is 0 Å². The summed E-state index contributed by atoms with van der Waals surface area (Å²) in [4.78, 5) is 27.3. The predicted octanol–water partition coefficient (Wildman–Crippen LogP) is 2.33. The fraction of sp³-hybridized carbons (Fsp3) is 0.875. The zero-order valence-electron chi connectivity index (χ0n) is 13.2. The van der Waals surface area contributed by atoms with Crippen LogP contribution in [0.1, 0.15) is 59.8 Å². The van der Waals surface area contributed by atoms with Gasteiger partial charge in [-0.1, -0.05) is 47.0 Å². The molecule has 2 amide bonds. The van der Waals surface area contributed by atoms with Crippen LogP contribution in [-0.4, -0.2) is 34.8 Å². The van der Waals surface area contributed by atoms with Gasteiger partial charge in [-0.2, -0.15) is 0 Å². The van der Waals surface area contributed by atoms with Crippen molar-refractivity contribution in [2.45, 2.75) is 77.9 Å². The molecule has 1 saturated carbocycles. The number of carbonyl (C=O) groups excluding carboxylic acids is 2. The van der Waals surface area contributed by atoms with E-state index in [-0.39, 0.29) is 41.8 Å². The lowest BCUT2D eigenvalue weighted by Crippen LogP contribution is -2.68. The molecular formula is C16H28N2O2. The van der Waals surface area contributed by atoms with Crippen LogP contribution in [0.4, 0.5) is 0 Å². The molecule has 1 heterocycles. The van der Waals surface area contributed by atoms with Crippen LogP contribution < -0.4 is 5.32 Å². The van der Waals surface area contributed by atoms with E-state index >= 15 is 0 Å². The van der Waals surface area contributed by atoms with Crippen molar-refractivity contribution in [1.82, 2.24) is 10.2 Å². The van der Waals surface area contributed by atoms with Gasteiger partial charge in [-0.05, 0) is 24.7 Å². The fourth-order valence-corrected chi connectivity index (χ4v) is 3.52. The van der Waals surface area contributed by atoms with Crippen molar-refractivity contribution >= 4 is 11.8 Å². The Kier molecular flexibility index (Phi) is 4.71. The summed E-state index contributed by atoms with van der Waals surface area (Å²) in [5.74, 6) is 0.544. The molecule has 4 heteroatoms. The number of nitrogens with one attached hydrogen (secondary N) is 1. The lowest BCUT2D eigenvalue weighted by atomic mass is 9.89. The highest BCUT2D eigenvalue weighted by Crippen LogP contribution is 2.31. The van der Waals surface area contributed by atoms with Crippen molar-refractivity contribution < 1.29 is 9.59 Å². The first-order valence-corrected chi connectivity index (χ1v) is 8.09. The molecule has 1 saturated heterocycles. The highest BCUT2D eigenvalue weighted by Gasteiger charge is 2.46. The van der Waals surface area contributed by atoms with Gasteiger partial charge < -0.3 is 10.2 Å². The van der Waals surface area contributed by atoms with Crippen molar-refractivity contribution in [2.75, 3.05) is 0 Å². The summed E-state index contributed by atoms with van der Waals surface area (Å²) in [6.07, 6.45) is 5.37. The van der Waals surface area contributed by atoms with E-state index in [0.29, 0.717) is 0 Å². The molecular weight excluding hydrogens is 252 g/mol. The smallest absolute Gasteiger partial charge is 0.246 e. The lowest BCUT2D eigenvalue weighted by Gasteiger charge is -2.45. The minimum atomic E-state index is -0.344. The van der Waals surface area contributed by atoms with Gasteiger partial charge in [0.25, 0.3) is 0 Å². The van der Waals surface area contributed by atoms with Crippen LogP contribution in [-0.2, 0) is 9.59 Å². The van der Waals surface area contributed by atoms with Crippen LogP contribution in [0.3, 0.4) is 0 Å². The third-order valence-electron chi connectivity index (χ3n) is 4.95. The zero-order chi connectivity index (χ0) is 14.9. The number of amides is 2. The first kappa shape index (κ1) is 15.3. The van der Waals surface area contributed by atoms with Gasteiger partial charge >= 0.3 is 0 Å². The zero-order valence-corrected chi connectivity index (χ0v) is 13.2. The van der Waals surface area contributed by atoms with Gasteiger partial charge in [-0.3, -0.25) is 9.59 Å². The third kappa shape index (κ3) is 2.70. The lowest BCUT2D eigenvalue weighted by molar-refractivity contribution is -0.155. The molecule has 0 aromatic heterocycles. The molecule has 3 atom stereocenters. The second kappa shape index (κ2) is 6.15. The summed E-state index contributed by atoms with van der Waals surface area (Å²) in [6.45, 7) is 8.16. The summed E-state index contributed by atoms with van der Waals surface area (Å²) in [5.41, 5.74) is 0. The Bertz CT molecular complexity index is 375. The Hall–Kier alpha value is -1.06. The number of carbonyl (C=O) groups is 2. The quantitative estimate of drug-likeness (QED) is 0.859. The Morgan fingerprint density at radius 1 is 1.20 bits per heavy atom. The van der Waals surface area contributed by atoms with E-state index in [1.54, 1.807) is 0 Å². The van der Waals surface area contributed by atoms with Gasteiger partial charge in [0.15, 0.2) is 0 Å². The molecule has 1 N–H and O–H groups in total. The Morgan fingerprint density at radius 2 is 1.80 bits per heavy atom. The molecule has 4 nitrogen and oxygen atoms in total. The second-order valence-electron chi connectivity index (χ2n) is 6.74. The Labute approximate surface area is 122 Å². The minimum absolute atomic E-state index is 0.0459. The highest BCUT2D eigenvalue weighted by molar-refractivity contribution is 5.97. The van der Waals surface area contributed by atoms with E-state index < -0.39 is 0 Å². The largest absolute Gasteiger partial charge is 0.342 e. The van der Waals surface area contributed by atoms with E-state index in [1.807, 2.05) is 18.7 Å². The predicted molar refractivity (Wildman–Crippen MR) is 79.1 cm³/mol. The number of rotatable bonds is 4. The van der Waals surface area contributed by atoms with Gasteiger partial charge in [-0.25, -0.2) is 0 Å². The molecule has 2 aliphatic rings. The standard InChI is InChI=1S/C16H28N2O2/c1-5-11(4)14-15(19)17-13(10(2)3)16(20)18(14)12-8-6-7-9-12/h10-14H,5-9H2,1-4H3,(H,17,19). The van der Waals surface area contributed by atoms with Crippen molar-refractivity contribution in [3.8, 4) is 0 Å². The van der Waals surface area contributed by atoms with Crippen molar-refractivity contribution in [2.24, 2.45) is 11.8 Å². The third-order valence-corrected chi connectivity index (χ3v) is 4.95. The fourth-order valence-electron chi connectivity index (χ4n) is 3.52. The van der Waals surface area contributed by atoms with Gasteiger partial charge in [0.05, 0.1) is 0 Å².